The van der Waals surface area contributed by atoms with Crippen LogP contribution in [0, 0.1) is 0 Å². The van der Waals surface area contributed by atoms with E-state index in [1.54, 1.807) is 6.07 Å². The van der Waals surface area contributed by atoms with Crippen LogP contribution in [0.25, 0.3) is 0 Å². The van der Waals surface area contributed by atoms with E-state index in [1.807, 2.05) is 6.07 Å². The molecule has 128 valence electrons. The summed E-state index contributed by atoms with van der Waals surface area (Å²) >= 11 is 0. The van der Waals surface area contributed by atoms with Crippen molar-refractivity contribution in [2.75, 3.05) is 18.5 Å². The maximum absolute atomic E-state index is 10.4. The number of phenols is 2. The number of hydrogen-bond acceptors (Lipinski definition) is 2. The van der Waals surface area contributed by atoms with E-state index in [9.17, 15) is 10.2 Å². The van der Waals surface area contributed by atoms with Crippen molar-refractivity contribution in [3.05, 3.63) is 18.2 Å². The molecule has 0 aromatic heterocycles. The fourth-order valence-electron chi connectivity index (χ4n) is 2.98. The molecule has 2 N–H and O–H groups in total. The van der Waals surface area contributed by atoms with Gasteiger partial charge >= 0.3 is 0 Å². The molecule has 1 aromatic carbocycles. The molecule has 0 fully saturated rings. The van der Waals surface area contributed by atoms with Crippen molar-refractivity contribution >= 4 is 12.6 Å². The van der Waals surface area contributed by atoms with Gasteiger partial charge in [-0.2, -0.15) is 0 Å². The summed E-state index contributed by atoms with van der Waals surface area (Å²) in [5.41, 5.74) is 0. The normalized spacial score (nSPS) is 11.2. The zero-order chi connectivity index (χ0) is 15.7. The van der Waals surface area contributed by atoms with Gasteiger partial charge in [0.15, 0.2) is 5.75 Å². The highest BCUT2D eigenvalue weighted by Crippen LogP contribution is 2.61. The molecule has 1 aromatic rings. The number of para-hydroxylation sites is 1. The Balaban J connectivity index is 0.00000441. The van der Waals surface area contributed by atoms with E-state index in [-0.39, 0.29) is 28.5 Å². The minimum absolute atomic E-state index is 0. The van der Waals surface area contributed by atoms with Gasteiger partial charge < -0.3 is 27.2 Å². The summed E-state index contributed by atoms with van der Waals surface area (Å²) in [6.07, 6.45) is 10.9. The highest BCUT2D eigenvalue weighted by molar-refractivity contribution is 7.83. The molecule has 4 heteroatoms. The number of unbranched alkanes of at least 4 members (excludes halogenated alkanes) is 3. The van der Waals surface area contributed by atoms with E-state index in [2.05, 4.69) is 26.8 Å². The monoisotopic (exact) mass is 390 g/mol. The summed E-state index contributed by atoms with van der Waals surface area (Å²) in [7, 11) is -1.37. The minimum atomic E-state index is -1.37. The predicted octanol–water partition coefficient (Wildman–Crippen LogP) is 2.15. The van der Waals surface area contributed by atoms with Crippen LogP contribution in [0.15, 0.2) is 18.2 Å². The maximum Gasteiger partial charge on any atom is 0.200 e. The first-order valence-electron chi connectivity index (χ1n) is 8.48. The molecule has 0 amide bonds. The van der Waals surface area contributed by atoms with E-state index in [0.29, 0.717) is 0 Å². The summed E-state index contributed by atoms with van der Waals surface area (Å²) < 4.78 is 0. The first-order valence-corrected chi connectivity index (χ1v) is 10.8. The molecule has 1 rings (SSSR count). The number of benzene rings is 1. The molecule has 0 radical (unpaired) electrons. The Bertz CT molecular complexity index is 402. The van der Waals surface area contributed by atoms with Gasteiger partial charge in [0.25, 0.3) is 0 Å². The molecule has 0 aliphatic rings. The van der Waals surface area contributed by atoms with E-state index >= 15 is 0 Å². The third-order valence-corrected chi connectivity index (χ3v) is 9.22. The van der Waals surface area contributed by atoms with Gasteiger partial charge in [0.05, 0.1) is 25.7 Å². The van der Waals surface area contributed by atoms with Gasteiger partial charge in [-0.25, -0.2) is 0 Å². The average Bonchev–Trinajstić information content (AvgIpc) is 2.50. The van der Waals surface area contributed by atoms with Gasteiger partial charge in [0.2, 0.25) is 5.75 Å². The number of aromatic hydroxyl groups is 2. The number of hydrogen-bond donors (Lipinski definition) is 2. The van der Waals surface area contributed by atoms with Gasteiger partial charge in [0.1, 0.15) is 5.30 Å². The second-order valence-corrected chi connectivity index (χ2v) is 10.1. The Hall–Kier alpha value is -0.270. The second-order valence-electron chi connectivity index (χ2n) is 6.02. The van der Waals surface area contributed by atoms with Crippen LogP contribution >= 0.6 is 7.26 Å². The third-order valence-electron chi connectivity index (χ3n) is 4.32. The van der Waals surface area contributed by atoms with Crippen LogP contribution in [0.4, 0.5) is 0 Å². The Kier molecular flexibility index (Phi) is 11.2. The number of rotatable bonds is 10. The summed E-state index contributed by atoms with van der Waals surface area (Å²) in [6, 6.07) is 5.54. The zero-order valence-corrected chi connectivity index (χ0v) is 16.8. The second kappa shape index (κ2) is 11.3. The molecule has 0 saturated heterocycles. The number of phenolic OH excluding ortho intramolecular Hbond substituents is 2. The minimum Gasteiger partial charge on any atom is -1.00 e. The fraction of sp³-hybridized carbons (Fsp3) is 0.667. The van der Waals surface area contributed by atoms with Crippen LogP contribution in [0.3, 0.4) is 0 Å². The molecule has 0 unspecified atom stereocenters. The van der Waals surface area contributed by atoms with Crippen LogP contribution in [-0.2, 0) is 0 Å². The Morgan fingerprint density at radius 3 is 1.68 bits per heavy atom. The number of halogens is 1. The van der Waals surface area contributed by atoms with E-state index in [1.165, 1.54) is 57.0 Å². The Morgan fingerprint density at radius 1 is 0.818 bits per heavy atom. The topological polar surface area (TPSA) is 40.5 Å². The zero-order valence-electron chi connectivity index (χ0n) is 14.3. The van der Waals surface area contributed by atoms with Gasteiger partial charge in [-0.3, -0.25) is 0 Å². The van der Waals surface area contributed by atoms with Crippen molar-refractivity contribution in [3.8, 4) is 11.5 Å². The summed E-state index contributed by atoms with van der Waals surface area (Å²) in [5, 5.41) is 21.4. The fourth-order valence-corrected chi connectivity index (χ4v) is 8.11. The molecule has 0 saturated carbocycles. The van der Waals surface area contributed by atoms with Crippen LogP contribution in [0.2, 0.25) is 0 Å². The lowest BCUT2D eigenvalue weighted by Gasteiger charge is -2.28. The van der Waals surface area contributed by atoms with Gasteiger partial charge in [-0.15, -0.1) is 0 Å². The lowest BCUT2D eigenvalue weighted by molar-refractivity contribution is -0.00000637. The highest BCUT2D eigenvalue weighted by Gasteiger charge is 2.41. The van der Waals surface area contributed by atoms with Crippen molar-refractivity contribution in [1.82, 2.24) is 0 Å². The summed E-state index contributed by atoms with van der Waals surface area (Å²) in [6.45, 7) is 6.70. The maximum atomic E-state index is 10.4. The molecular formula is C18H32BrO2P. The smallest absolute Gasteiger partial charge is 0.200 e. The molecule has 0 aliphatic heterocycles. The van der Waals surface area contributed by atoms with Crippen LogP contribution in [0.5, 0.6) is 11.5 Å². The Labute approximate surface area is 147 Å². The first kappa shape index (κ1) is 21.7. The van der Waals surface area contributed by atoms with Crippen LogP contribution in [-0.4, -0.2) is 28.7 Å². The quantitative estimate of drug-likeness (QED) is 0.474. The molecule has 2 nitrogen and oxygen atoms in total. The standard InChI is InChI=1S/C18H31O2P.BrH/c1-4-7-13-21(14-8-5-2,15-9-6-3)17-12-10-11-16(19)18(17)20;/h10-12H,4-9,13-15H2,1-3H3,(H-,19,20);1H. The van der Waals surface area contributed by atoms with Gasteiger partial charge in [-0.05, 0) is 31.4 Å². The lowest BCUT2D eigenvalue weighted by atomic mass is 10.3. The van der Waals surface area contributed by atoms with Crippen molar-refractivity contribution < 1.29 is 27.2 Å². The molecule has 0 atom stereocenters. The average molecular weight is 391 g/mol. The van der Waals surface area contributed by atoms with Crippen molar-refractivity contribution in [2.45, 2.75) is 59.3 Å². The van der Waals surface area contributed by atoms with Crippen molar-refractivity contribution in [2.24, 2.45) is 0 Å². The largest absolute Gasteiger partial charge is 1.00 e. The molecular weight excluding hydrogens is 359 g/mol. The Morgan fingerprint density at radius 2 is 1.27 bits per heavy atom. The summed E-state index contributed by atoms with van der Waals surface area (Å²) in [4.78, 5) is 0. The van der Waals surface area contributed by atoms with Gasteiger partial charge in [0, 0.05) is 0 Å². The SMILES string of the molecule is CCCC[P+](CCCC)(CCCC)c1cccc(O)c1O.[Br-]. The van der Waals surface area contributed by atoms with E-state index in [4.69, 9.17) is 0 Å². The molecule has 0 heterocycles. The van der Waals surface area contributed by atoms with Crippen LogP contribution in [0.1, 0.15) is 59.3 Å². The van der Waals surface area contributed by atoms with Gasteiger partial charge in [-0.1, -0.05) is 46.1 Å². The van der Waals surface area contributed by atoms with E-state index in [0.717, 1.165) is 5.30 Å². The molecule has 0 bridgehead atoms. The van der Waals surface area contributed by atoms with Crippen LogP contribution < -0.4 is 22.3 Å². The van der Waals surface area contributed by atoms with E-state index < -0.39 is 7.26 Å². The summed E-state index contributed by atoms with van der Waals surface area (Å²) in [5.74, 6) is 0.190. The predicted molar refractivity (Wildman–Crippen MR) is 95.7 cm³/mol. The molecule has 0 spiro atoms. The van der Waals surface area contributed by atoms with Crippen molar-refractivity contribution in [1.29, 1.82) is 0 Å². The lowest BCUT2D eigenvalue weighted by Crippen LogP contribution is -3.00. The van der Waals surface area contributed by atoms with Crippen molar-refractivity contribution in [3.63, 3.8) is 0 Å². The molecule has 0 aliphatic carbocycles. The first-order chi connectivity index (χ1) is 10.1. The highest BCUT2D eigenvalue weighted by atomic mass is 79.9. The third kappa shape index (κ3) is 5.74. The molecule has 22 heavy (non-hydrogen) atoms.